The van der Waals surface area contributed by atoms with Crippen LogP contribution in [-0.4, -0.2) is 20.0 Å². The van der Waals surface area contributed by atoms with Crippen molar-refractivity contribution in [3.05, 3.63) is 81.3 Å². The van der Waals surface area contributed by atoms with Crippen LogP contribution < -0.4 is 11.4 Å². The fourth-order valence-electron chi connectivity index (χ4n) is 2.55. The van der Waals surface area contributed by atoms with E-state index in [9.17, 15) is 9.59 Å². The molecule has 0 saturated heterocycles. The molecule has 0 atom stereocenters. The summed E-state index contributed by atoms with van der Waals surface area (Å²) in [6.07, 6.45) is 1.84. The van der Waals surface area contributed by atoms with Crippen molar-refractivity contribution >= 4 is 10.9 Å². The zero-order valence-corrected chi connectivity index (χ0v) is 12.5. The summed E-state index contributed by atoms with van der Waals surface area (Å²) in [5.74, 6) is -0.760. The van der Waals surface area contributed by atoms with Crippen LogP contribution in [0.1, 0.15) is 5.56 Å². The van der Waals surface area contributed by atoms with Crippen LogP contribution in [0.4, 0.5) is 0 Å². The Balaban J connectivity index is 1.66. The van der Waals surface area contributed by atoms with E-state index in [0.29, 0.717) is 17.4 Å². The number of rotatable bonds is 3. The first kappa shape index (κ1) is 14.1. The van der Waals surface area contributed by atoms with Crippen LogP contribution in [0.15, 0.2) is 68.7 Å². The van der Waals surface area contributed by atoms with Gasteiger partial charge in [0.05, 0.1) is 23.6 Å². The minimum Gasteiger partial charge on any atom is -0.372 e. The number of nitrogens with one attached hydrogen (secondary N) is 1. The van der Waals surface area contributed by atoms with Gasteiger partial charge in [-0.3, -0.25) is 4.98 Å². The number of hydrogen-bond donors (Lipinski definition) is 1. The lowest BCUT2D eigenvalue weighted by atomic mass is 10.1. The molecule has 24 heavy (non-hydrogen) atoms. The molecule has 2 aromatic carbocycles. The van der Waals surface area contributed by atoms with Gasteiger partial charge in [-0.05, 0) is 17.7 Å². The summed E-state index contributed by atoms with van der Waals surface area (Å²) in [6, 6.07) is 14.9. The van der Waals surface area contributed by atoms with Crippen molar-refractivity contribution in [2.24, 2.45) is 0 Å². The van der Waals surface area contributed by atoms with E-state index in [1.54, 1.807) is 16.8 Å². The molecule has 0 aliphatic rings. The molecule has 4 rings (SSSR count). The molecule has 7 heteroatoms. The Hall–Kier alpha value is -3.48. The van der Waals surface area contributed by atoms with E-state index in [2.05, 4.69) is 19.7 Å². The quantitative estimate of drug-likeness (QED) is 0.621. The molecule has 1 N–H and O–H groups in total. The molecule has 0 spiro atoms. The van der Waals surface area contributed by atoms with Crippen LogP contribution in [-0.2, 0) is 6.54 Å². The Kier molecular flexibility index (Phi) is 3.31. The highest BCUT2D eigenvalue weighted by atomic mass is 16.4. The lowest BCUT2D eigenvalue weighted by molar-refractivity contribution is 0.460. The molecule has 0 radical (unpaired) electrons. The summed E-state index contributed by atoms with van der Waals surface area (Å²) in [5, 5.41) is 8.60. The van der Waals surface area contributed by atoms with Crippen molar-refractivity contribution < 1.29 is 4.42 Å². The fraction of sp³-hybridized carbons (Fsp3) is 0.0588. The van der Waals surface area contributed by atoms with Crippen LogP contribution in [0.2, 0.25) is 0 Å². The molecule has 0 amide bonds. The SMILES string of the molecule is O=c1[nH]c2ccc(Cn3cc(-c4ccccc4)nn3)cc2c(=O)o1. The first-order valence-corrected chi connectivity index (χ1v) is 7.31. The Morgan fingerprint density at radius 3 is 2.75 bits per heavy atom. The van der Waals surface area contributed by atoms with Crippen LogP contribution >= 0.6 is 0 Å². The van der Waals surface area contributed by atoms with Crippen LogP contribution in [0.3, 0.4) is 0 Å². The normalized spacial score (nSPS) is 11.0. The van der Waals surface area contributed by atoms with Gasteiger partial charge in [-0.25, -0.2) is 14.3 Å². The van der Waals surface area contributed by atoms with Crippen molar-refractivity contribution in [1.29, 1.82) is 0 Å². The highest BCUT2D eigenvalue weighted by molar-refractivity contribution is 5.77. The van der Waals surface area contributed by atoms with Crippen LogP contribution in [0.5, 0.6) is 0 Å². The number of hydrogen-bond acceptors (Lipinski definition) is 5. The Morgan fingerprint density at radius 1 is 1.08 bits per heavy atom. The molecule has 2 aromatic heterocycles. The van der Waals surface area contributed by atoms with Crippen molar-refractivity contribution in [2.45, 2.75) is 6.54 Å². The lowest BCUT2D eigenvalue weighted by Gasteiger charge is -2.02. The second kappa shape index (κ2) is 5.62. The molecule has 0 aliphatic carbocycles. The standard InChI is InChI=1S/C17H12N4O3/c22-16-13-8-11(6-7-14(13)18-17(23)24-16)9-21-10-15(19-20-21)12-4-2-1-3-5-12/h1-8,10H,9H2,(H,18,23). The van der Waals surface area contributed by atoms with Crippen molar-refractivity contribution in [1.82, 2.24) is 20.0 Å². The van der Waals surface area contributed by atoms with Gasteiger partial charge in [-0.1, -0.05) is 41.6 Å². The lowest BCUT2D eigenvalue weighted by Crippen LogP contribution is -2.14. The summed E-state index contributed by atoms with van der Waals surface area (Å²) in [4.78, 5) is 25.4. The predicted molar refractivity (Wildman–Crippen MR) is 87.7 cm³/mol. The third-order valence-electron chi connectivity index (χ3n) is 3.68. The summed E-state index contributed by atoms with van der Waals surface area (Å²) < 4.78 is 6.25. The van der Waals surface area contributed by atoms with Crippen molar-refractivity contribution in [2.75, 3.05) is 0 Å². The van der Waals surface area contributed by atoms with Gasteiger partial charge in [0.2, 0.25) is 0 Å². The maximum absolute atomic E-state index is 11.8. The fourth-order valence-corrected chi connectivity index (χ4v) is 2.55. The largest absolute Gasteiger partial charge is 0.419 e. The molecule has 2 heterocycles. The van der Waals surface area contributed by atoms with E-state index < -0.39 is 11.4 Å². The predicted octanol–water partition coefficient (Wildman–Crippen LogP) is 1.79. The van der Waals surface area contributed by atoms with Crippen molar-refractivity contribution in [3.8, 4) is 11.3 Å². The second-order valence-electron chi connectivity index (χ2n) is 5.35. The Morgan fingerprint density at radius 2 is 1.92 bits per heavy atom. The third-order valence-corrected chi connectivity index (χ3v) is 3.68. The minimum atomic E-state index is -0.760. The van der Waals surface area contributed by atoms with Gasteiger partial charge in [0, 0.05) is 5.56 Å². The summed E-state index contributed by atoms with van der Waals surface area (Å²) >= 11 is 0. The first-order chi connectivity index (χ1) is 11.7. The number of H-pyrrole nitrogens is 1. The summed E-state index contributed by atoms with van der Waals surface area (Å²) in [7, 11) is 0. The molecule has 0 saturated carbocycles. The topological polar surface area (TPSA) is 93.8 Å². The Labute approximate surface area is 135 Å². The van der Waals surface area contributed by atoms with E-state index in [0.717, 1.165) is 16.8 Å². The van der Waals surface area contributed by atoms with Gasteiger partial charge in [0.25, 0.3) is 0 Å². The minimum absolute atomic E-state index is 0.329. The molecule has 4 aromatic rings. The average Bonchev–Trinajstić information content (AvgIpc) is 3.05. The molecule has 0 aliphatic heterocycles. The molecule has 118 valence electrons. The average molecular weight is 320 g/mol. The zero-order chi connectivity index (χ0) is 16.5. The maximum Gasteiger partial charge on any atom is 0.419 e. The molecular formula is C17H12N4O3. The Bertz CT molecular complexity index is 1130. The number of benzene rings is 2. The number of nitrogens with zero attached hydrogens (tertiary/aromatic N) is 3. The molecule has 0 bridgehead atoms. The number of aromatic amines is 1. The number of aromatic nitrogens is 4. The van der Waals surface area contributed by atoms with E-state index in [4.69, 9.17) is 0 Å². The van der Waals surface area contributed by atoms with E-state index in [-0.39, 0.29) is 0 Å². The zero-order valence-electron chi connectivity index (χ0n) is 12.5. The third kappa shape index (κ3) is 2.63. The molecular weight excluding hydrogens is 308 g/mol. The highest BCUT2D eigenvalue weighted by Crippen LogP contribution is 2.16. The second-order valence-corrected chi connectivity index (χ2v) is 5.35. The monoisotopic (exact) mass is 320 g/mol. The maximum atomic E-state index is 11.8. The van der Waals surface area contributed by atoms with Crippen LogP contribution in [0.25, 0.3) is 22.2 Å². The van der Waals surface area contributed by atoms with Gasteiger partial charge >= 0.3 is 11.4 Å². The summed E-state index contributed by atoms with van der Waals surface area (Å²) in [5.41, 5.74) is 2.41. The van der Waals surface area contributed by atoms with Gasteiger partial charge in [-0.15, -0.1) is 5.10 Å². The van der Waals surface area contributed by atoms with Gasteiger partial charge in [0.1, 0.15) is 5.69 Å². The van der Waals surface area contributed by atoms with E-state index in [1.165, 1.54) is 0 Å². The first-order valence-electron chi connectivity index (χ1n) is 7.31. The molecule has 0 fully saturated rings. The van der Waals surface area contributed by atoms with Gasteiger partial charge in [0.15, 0.2) is 0 Å². The molecule has 7 nitrogen and oxygen atoms in total. The van der Waals surface area contributed by atoms with E-state index >= 15 is 0 Å². The summed E-state index contributed by atoms with van der Waals surface area (Å²) in [6.45, 7) is 0.453. The van der Waals surface area contributed by atoms with Gasteiger partial charge < -0.3 is 4.42 Å². The highest BCUT2D eigenvalue weighted by Gasteiger charge is 2.07. The number of fused-ring (bicyclic) bond motifs is 1. The molecule has 0 unspecified atom stereocenters. The van der Waals surface area contributed by atoms with E-state index in [1.807, 2.05) is 42.6 Å². The van der Waals surface area contributed by atoms with Crippen molar-refractivity contribution in [3.63, 3.8) is 0 Å². The van der Waals surface area contributed by atoms with Gasteiger partial charge in [-0.2, -0.15) is 0 Å². The van der Waals surface area contributed by atoms with Crippen LogP contribution in [0, 0.1) is 0 Å². The smallest absolute Gasteiger partial charge is 0.372 e.